The van der Waals surface area contributed by atoms with Crippen LogP contribution < -0.4 is 9.64 Å². The average molecular weight is 451 g/mol. The zero-order chi connectivity index (χ0) is 22.8. The van der Waals surface area contributed by atoms with Crippen LogP contribution in [-0.4, -0.2) is 29.1 Å². The molecule has 2 heterocycles. The Morgan fingerprint density at radius 3 is 2.59 bits per heavy atom. The third-order valence-electron chi connectivity index (χ3n) is 5.22. The molecule has 0 N–H and O–H groups in total. The van der Waals surface area contributed by atoms with E-state index in [1.54, 1.807) is 28.4 Å². The molecule has 7 heteroatoms. The summed E-state index contributed by atoms with van der Waals surface area (Å²) in [6.07, 6.45) is -0.108. The molecule has 0 fully saturated rings. The van der Waals surface area contributed by atoms with Gasteiger partial charge in [0.1, 0.15) is 5.75 Å². The molecule has 0 spiro atoms. The highest BCUT2D eigenvalue weighted by Crippen LogP contribution is 2.39. The van der Waals surface area contributed by atoms with Crippen molar-refractivity contribution >= 4 is 28.9 Å². The number of rotatable bonds is 6. The van der Waals surface area contributed by atoms with Gasteiger partial charge < -0.3 is 14.4 Å². The number of hydrogen-bond acceptors (Lipinski definition) is 6. The van der Waals surface area contributed by atoms with E-state index >= 15 is 0 Å². The van der Waals surface area contributed by atoms with Gasteiger partial charge in [-0.3, -0.25) is 4.79 Å². The van der Waals surface area contributed by atoms with Crippen LogP contribution in [0, 0.1) is 6.92 Å². The largest absolute Gasteiger partial charge is 0.478 e. The molecule has 0 aliphatic carbocycles. The number of aryl methyl sites for hydroxylation is 1. The van der Waals surface area contributed by atoms with Crippen LogP contribution >= 0.6 is 11.3 Å². The molecule has 1 amide bonds. The molecule has 0 radical (unpaired) electrons. The highest BCUT2D eigenvalue weighted by molar-refractivity contribution is 7.09. The Hall–Kier alpha value is -3.19. The Bertz CT molecular complexity index is 1140. The molecule has 166 valence electrons. The first kappa shape index (κ1) is 22.0. The van der Waals surface area contributed by atoms with E-state index in [4.69, 9.17) is 9.47 Å². The number of carbonyl (C=O) groups excluding carboxylic acids is 2. The van der Waals surface area contributed by atoms with Crippen molar-refractivity contribution in [2.45, 2.75) is 52.9 Å². The van der Waals surface area contributed by atoms with Crippen LogP contribution in [0.5, 0.6) is 5.75 Å². The number of hydrogen-bond donors (Lipinski definition) is 0. The molecular weight excluding hydrogens is 424 g/mol. The summed E-state index contributed by atoms with van der Waals surface area (Å²) in [5, 5.41) is 3.00. The first-order valence-corrected chi connectivity index (χ1v) is 11.6. The number of ether oxygens (including phenoxy) is 2. The van der Waals surface area contributed by atoms with Crippen LogP contribution in [0.3, 0.4) is 0 Å². The van der Waals surface area contributed by atoms with Gasteiger partial charge in [-0.05, 0) is 63.1 Å². The second kappa shape index (κ2) is 9.12. The molecule has 0 saturated carbocycles. The molecule has 4 rings (SSSR count). The fourth-order valence-electron chi connectivity index (χ4n) is 3.61. The second-order valence-electron chi connectivity index (χ2n) is 8.02. The summed E-state index contributed by atoms with van der Waals surface area (Å²) in [7, 11) is 0. The van der Waals surface area contributed by atoms with Gasteiger partial charge in [0, 0.05) is 10.9 Å². The van der Waals surface area contributed by atoms with Gasteiger partial charge in [-0.25, -0.2) is 9.78 Å². The fourth-order valence-corrected chi connectivity index (χ4v) is 4.23. The monoisotopic (exact) mass is 450 g/mol. The molecule has 1 aliphatic rings. The molecule has 2 aromatic carbocycles. The van der Waals surface area contributed by atoms with E-state index in [2.05, 4.69) is 4.98 Å². The standard InChI is InChI=1S/C25H26N2O4S/c1-5-22-24(28)27(13-17-6-8-18(9-7-17)25(29)30-15(2)3)21-12-19(10-11-23(21)31-22)20-14-32-16(4)26-20/h6-12,14-15,22H,5,13H2,1-4H3. The van der Waals surface area contributed by atoms with Gasteiger partial charge in [-0.2, -0.15) is 0 Å². The zero-order valence-electron chi connectivity index (χ0n) is 18.6. The molecule has 3 aromatic rings. The summed E-state index contributed by atoms with van der Waals surface area (Å²) in [5.41, 5.74) is 3.96. The number of amides is 1. The molecule has 1 atom stereocenters. The minimum absolute atomic E-state index is 0.0742. The number of carbonyl (C=O) groups is 2. The minimum Gasteiger partial charge on any atom is -0.478 e. The van der Waals surface area contributed by atoms with Gasteiger partial charge in [0.25, 0.3) is 5.91 Å². The third-order valence-corrected chi connectivity index (χ3v) is 5.99. The zero-order valence-corrected chi connectivity index (χ0v) is 19.4. The van der Waals surface area contributed by atoms with Gasteiger partial charge in [0.05, 0.1) is 34.6 Å². The summed E-state index contributed by atoms with van der Waals surface area (Å²) in [6, 6.07) is 13.0. The molecule has 32 heavy (non-hydrogen) atoms. The summed E-state index contributed by atoms with van der Waals surface area (Å²) < 4.78 is 11.2. The summed E-state index contributed by atoms with van der Waals surface area (Å²) in [5.74, 6) is 0.257. The van der Waals surface area contributed by atoms with Crippen LogP contribution in [0.4, 0.5) is 5.69 Å². The van der Waals surface area contributed by atoms with E-state index in [0.29, 0.717) is 24.3 Å². The summed E-state index contributed by atoms with van der Waals surface area (Å²) in [4.78, 5) is 31.6. The lowest BCUT2D eigenvalue weighted by Gasteiger charge is -2.34. The number of thiazole rings is 1. The quantitative estimate of drug-likeness (QED) is 0.471. The lowest BCUT2D eigenvalue weighted by Crippen LogP contribution is -2.45. The van der Waals surface area contributed by atoms with E-state index < -0.39 is 6.10 Å². The van der Waals surface area contributed by atoms with E-state index in [1.807, 2.05) is 63.4 Å². The Morgan fingerprint density at radius 2 is 1.97 bits per heavy atom. The van der Waals surface area contributed by atoms with Crippen molar-refractivity contribution in [2.24, 2.45) is 0 Å². The van der Waals surface area contributed by atoms with Crippen molar-refractivity contribution in [1.82, 2.24) is 4.98 Å². The van der Waals surface area contributed by atoms with Gasteiger partial charge >= 0.3 is 5.97 Å². The molecule has 6 nitrogen and oxygen atoms in total. The van der Waals surface area contributed by atoms with E-state index in [9.17, 15) is 9.59 Å². The van der Waals surface area contributed by atoms with E-state index in [1.165, 1.54) is 0 Å². The number of nitrogens with zero attached hydrogens (tertiary/aromatic N) is 2. The molecule has 0 bridgehead atoms. The van der Waals surface area contributed by atoms with Crippen LogP contribution in [0.2, 0.25) is 0 Å². The van der Waals surface area contributed by atoms with Crippen molar-refractivity contribution < 1.29 is 19.1 Å². The second-order valence-corrected chi connectivity index (χ2v) is 9.09. The van der Waals surface area contributed by atoms with Gasteiger partial charge in [0.2, 0.25) is 0 Å². The summed E-state index contributed by atoms with van der Waals surface area (Å²) >= 11 is 1.59. The van der Waals surface area contributed by atoms with Gasteiger partial charge in [-0.15, -0.1) is 11.3 Å². The lowest BCUT2D eigenvalue weighted by molar-refractivity contribution is -0.126. The lowest BCUT2D eigenvalue weighted by atomic mass is 10.1. The van der Waals surface area contributed by atoms with Gasteiger partial charge in [-0.1, -0.05) is 19.1 Å². The first-order valence-electron chi connectivity index (χ1n) is 10.7. The highest BCUT2D eigenvalue weighted by Gasteiger charge is 2.33. The number of benzene rings is 2. The molecule has 1 aromatic heterocycles. The van der Waals surface area contributed by atoms with Crippen LogP contribution in [-0.2, 0) is 16.1 Å². The molecule has 1 unspecified atom stereocenters. The first-order chi connectivity index (χ1) is 15.4. The van der Waals surface area contributed by atoms with Crippen molar-refractivity contribution in [3.05, 3.63) is 64.0 Å². The normalized spacial score (nSPS) is 15.5. The SMILES string of the molecule is CCC1Oc2ccc(-c3csc(C)n3)cc2N(Cc2ccc(C(=O)OC(C)C)cc2)C1=O. The van der Waals surface area contributed by atoms with Crippen LogP contribution in [0.1, 0.15) is 48.1 Å². The molecular formula is C25H26N2O4S. The third kappa shape index (κ3) is 4.53. The highest BCUT2D eigenvalue weighted by atomic mass is 32.1. The van der Waals surface area contributed by atoms with Crippen molar-refractivity contribution in [3.8, 4) is 17.0 Å². The molecule has 0 saturated heterocycles. The predicted molar refractivity (Wildman–Crippen MR) is 125 cm³/mol. The summed E-state index contributed by atoms with van der Waals surface area (Å²) in [6.45, 7) is 7.92. The maximum absolute atomic E-state index is 13.2. The van der Waals surface area contributed by atoms with Crippen molar-refractivity contribution in [2.75, 3.05) is 4.90 Å². The van der Waals surface area contributed by atoms with Gasteiger partial charge in [0.15, 0.2) is 6.10 Å². The number of anilines is 1. The fraction of sp³-hybridized carbons (Fsp3) is 0.320. The van der Waals surface area contributed by atoms with E-state index in [0.717, 1.165) is 27.5 Å². The average Bonchev–Trinajstić information content (AvgIpc) is 3.21. The number of fused-ring (bicyclic) bond motifs is 1. The minimum atomic E-state index is -0.518. The number of esters is 1. The predicted octanol–water partition coefficient (Wildman–Crippen LogP) is 5.39. The van der Waals surface area contributed by atoms with Crippen molar-refractivity contribution in [3.63, 3.8) is 0 Å². The number of aromatic nitrogens is 1. The topological polar surface area (TPSA) is 68.7 Å². The Balaban J connectivity index is 1.64. The van der Waals surface area contributed by atoms with Crippen LogP contribution in [0.25, 0.3) is 11.3 Å². The maximum atomic E-state index is 13.2. The van der Waals surface area contributed by atoms with Crippen LogP contribution in [0.15, 0.2) is 47.8 Å². The van der Waals surface area contributed by atoms with E-state index in [-0.39, 0.29) is 18.0 Å². The Labute approximate surface area is 191 Å². The smallest absolute Gasteiger partial charge is 0.338 e. The Kier molecular flexibility index (Phi) is 6.28. The maximum Gasteiger partial charge on any atom is 0.338 e. The van der Waals surface area contributed by atoms with Crippen molar-refractivity contribution in [1.29, 1.82) is 0 Å². The Morgan fingerprint density at radius 1 is 1.22 bits per heavy atom. The molecule has 1 aliphatic heterocycles.